The molecule has 0 amide bonds. The highest BCUT2D eigenvalue weighted by Gasteiger charge is 2.20. The second-order valence-electron chi connectivity index (χ2n) is 11.2. The maximum atomic E-state index is 6.19. The number of oxazole rings is 1. The molecule has 0 fully saturated rings. The average Bonchev–Trinajstić information content (AvgIpc) is 3.46. The lowest BCUT2D eigenvalue weighted by atomic mass is 9.96. The van der Waals surface area contributed by atoms with E-state index in [1.54, 1.807) is 0 Å². The molecular formula is C33H28N2O2Si. The van der Waals surface area contributed by atoms with Crippen LogP contribution in [0.2, 0.25) is 19.6 Å². The van der Waals surface area contributed by atoms with Crippen molar-refractivity contribution in [2.75, 3.05) is 0 Å². The smallest absolute Gasteiger partial charge is 0.192 e. The molecule has 0 saturated heterocycles. The number of hydrogen-bond acceptors (Lipinski definition) is 4. The highest BCUT2D eigenvalue weighted by atomic mass is 28.3. The Morgan fingerprint density at radius 2 is 1.47 bits per heavy atom. The van der Waals surface area contributed by atoms with Crippen LogP contribution >= 0.6 is 0 Å². The third-order valence-corrected chi connectivity index (χ3v) is 9.48. The topological polar surface area (TPSA) is 52.1 Å². The standard InChI is InChI=1S/C33H28N2O2Si/c1-19-14-22(15-27-24-8-6-7-9-31(24)37-33(19)27)29-18-25(21-10-13-32-30(16-21)34-20(2)36-32)26-17-23(38(3,4)5)11-12-28(26)35-29/h6-18H,1-5H3. The maximum Gasteiger partial charge on any atom is 0.192 e. The summed E-state index contributed by atoms with van der Waals surface area (Å²) in [6.45, 7) is 11.1. The van der Waals surface area contributed by atoms with Crippen LogP contribution in [0.1, 0.15) is 11.5 Å². The molecule has 0 aliphatic rings. The van der Waals surface area contributed by atoms with Gasteiger partial charge in [0.1, 0.15) is 16.7 Å². The van der Waals surface area contributed by atoms with E-state index < -0.39 is 8.07 Å². The van der Waals surface area contributed by atoms with Crippen LogP contribution in [0.4, 0.5) is 0 Å². The number of aryl methyl sites for hydroxylation is 2. The van der Waals surface area contributed by atoms with Gasteiger partial charge in [0.2, 0.25) is 0 Å². The summed E-state index contributed by atoms with van der Waals surface area (Å²) in [6.07, 6.45) is 0. The second kappa shape index (κ2) is 8.14. The molecule has 3 aromatic heterocycles. The molecule has 0 unspecified atom stereocenters. The van der Waals surface area contributed by atoms with Crippen molar-refractivity contribution in [1.29, 1.82) is 0 Å². The summed E-state index contributed by atoms with van der Waals surface area (Å²) in [5, 5.41) is 4.83. The van der Waals surface area contributed by atoms with Gasteiger partial charge in [-0.3, -0.25) is 0 Å². The van der Waals surface area contributed by atoms with Crippen molar-refractivity contribution in [1.82, 2.24) is 9.97 Å². The van der Waals surface area contributed by atoms with Crippen LogP contribution in [0.15, 0.2) is 87.7 Å². The molecule has 0 N–H and O–H groups in total. The highest BCUT2D eigenvalue weighted by molar-refractivity contribution is 6.88. The summed E-state index contributed by atoms with van der Waals surface area (Å²) < 4.78 is 12.0. The molecule has 0 spiro atoms. The number of fused-ring (bicyclic) bond motifs is 5. The molecule has 4 nitrogen and oxygen atoms in total. The van der Waals surface area contributed by atoms with Gasteiger partial charge in [-0.05, 0) is 66.1 Å². The first-order chi connectivity index (χ1) is 18.2. The Morgan fingerprint density at radius 1 is 0.632 bits per heavy atom. The van der Waals surface area contributed by atoms with Crippen molar-refractivity contribution in [2.45, 2.75) is 33.5 Å². The second-order valence-corrected chi connectivity index (χ2v) is 16.3. The van der Waals surface area contributed by atoms with Crippen LogP contribution in [-0.2, 0) is 0 Å². The van der Waals surface area contributed by atoms with Gasteiger partial charge in [-0.1, -0.05) is 61.2 Å². The number of rotatable bonds is 3. The first-order valence-electron chi connectivity index (χ1n) is 13.0. The lowest BCUT2D eigenvalue weighted by Crippen LogP contribution is -2.37. The molecule has 7 aromatic rings. The van der Waals surface area contributed by atoms with Crippen molar-refractivity contribution in [2.24, 2.45) is 0 Å². The van der Waals surface area contributed by atoms with Gasteiger partial charge in [0, 0.05) is 28.6 Å². The van der Waals surface area contributed by atoms with Gasteiger partial charge < -0.3 is 8.83 Å². The minimum absolute atomic E-state index is 0.676. The number of para-hydroxylation sites is 1. The van der Waals surface area contributed by atoms with E-state index in [9.17, 15) is 0 Å². The molecule has 4 aromatic carbocycles. The normalized spacial score (nSPS) is 12.3. The molecule has 0 atom stereocenters. The van der Waals surface area contributed by atoms with Crippen molar-refractivity contribution in [3.63, 3.8) is 0 Å². The monoisotopic (exact) mass is 512 g/mol. The van der Waals surface area contributed by atoms with E-state index in [-0.39, 0.29) is 0 Å². The maximum absolute atomic E-state index is 6.19. The molecule has 0 saturated carbocycles. The Labute approximate surface area is 222 Å². The van der Waals surface area contributed by atoms with Gasteiger partial charge in [-0.15, -0.1) is 0 Å². The Balaban J connectivity index is 1.51. The van der Waals surface area contributed by atoms with Crippen molar-refractivity contribution in [3.8, 4) is 22.4 Å². The van der Waals surface area contributed by atoms with Crippen LogP contribution < -0.4 is 5.19 Å². The number of nitrogens with zero attached hydrogens (tertiary/aromatic N) is 2. The van der Waals surface area contributed by atoms with Crippen LogP contribution in [-0.4, -0.2) is 18.0 Å². The third-order valence-electron chi connectivity index (χ3n) is 7.44. The Bertz CT molecular complexity index is 2040. The molecule has 186 valence electrons. The molecule has 0 bridgehead atoms. The average molecular weight is 513 g/mol. The third kappa shape index (κ3) is 3.65. The fraction of sp³-hybridized carbons (Fsp3) is 0.152. The number of aromatic nitrogens is 2. The summed E-state index contributed by atoms with van der Waals surface area (Å²) in [6, 6.07) is 27.9. The van der Waals surface area contributed by atoms with Gasteiger partial charge >= 0.3 is 0 Å². The zero-order chi connectivity index (χ0) is 26.2. The minimum atomic E-state index is -1.51. The van der Waals surface area contributed by atoms with Gasteiger partial charge in [0.15, 0.2) is 11.5 Å². The zero-order valence-electron chi connectivity index (χ0n) is 22.2. The summed E-state index contributed by atoms with van der Waals surface area (Å²) >= 11 is 0. The van der Waals surface area contributed by atoms with Crippen molar-refractivity contribution < 1.29 is 8.83 Å². The van der Waals surface area contributed by atoms with Crippen molar-refractivity contribution >= 4 is 57.2 Å². The van der Waals surface area contributed by atoms with E-state index in [0.29, 0.717) is 5.89 Å². The van der Waals surface area contributed by atoms with Gasteiger partial charge in [0.25, 0.3) is 0 Å². The number of pyridine rings is 1. The summed E-state index contributed by atoms with van der Waals surface area (Å²) in [7, 11) is -1.51. The van der Waals surface area contributed by atoms with E-state index >= 15 is 0 Å². The van der Waals surface area contributed by atoms with Crippen LogP contribution in [0, 0.1) is 13.8 Å². The van der Waals surface area contributed by atoms with E-state index in [1.165, 1.54) is 10.6 Å². The Morgan fingerprint density at radius 3 is 2.32 bits per heavy atom. The quantitative estimate of drug-likeness (QED) is 0.222. The molecule has 38 heavy (non-hydrogen) atoms. The molecule has 5 heteroatoms. The predicted molar refractivity (Wildman–Crippen MR) is 160 cm³/mol. The Kier molecular flexibility index (Phi) is 4.91. The van der Waals surface area contributed by atoms with E-state index in [0.717, 1.165) is 66.5 Å². The van der Waals surface area contributed by atoms with Crippen LogP contribution in [0.3, 0.4) is 0 Å². The SMILES string of the molecule is Cc1nc2cc(-c3cc(-c4cc(C)c5oc6ccccc6c5c4)nc4ccc([Si](C)(C)C)cc34)ccc2o1. The van der Waals surface area contributed by atoms with Crippen LogP contribution in [0.5, 0.6) is 0 Å². The molecular weight excluding hydrogens is 484 g/mol. The molecule has 3 heterocycles. The molecule has 0 aliphatic carbocycles. The summed E-state index contributed by atoms with van der Waals surface area (Å²) in [5.41, 5.74) is 9.90. The largest absolute Gasteiger partial charge is 0.456 e. The Hall–Kier alpha value is -4.22. The lowest BCUT2D eigenvalue weighted by molar-refractivity contribution is 0.561. The summed E-state index contributed by atoms with van der Waals surface area (Å²) in [5.74, 6) is 0.676. The number of furan rings is 1. The highest BCUT2D eigenvalue weighted by Crippen LogP contribution is 2.37. The molecule has 7 rings (SSSR count). The summed E-state index contributed by atoms with van der Waals surface area (Å²) in [4.78, 5) is 9.78. The first kappa shape index (κ1) is 22.9. The first-order valence-corrected chi connectivity index (χ1v) is 16.5. The van der Waals surface area contributed by atoms with E-state index in [4.69, 9.17) is 13.8 Å². The predicted octanol–water partition coefficient (Wildman–Crippen LogP) is 8.77. The molecule has 0 radical (unpaired) electrons. The van der Waals surface area contributed by atoms with Gasteiger partial charge in [0.05, 0.1) is 19.3 Å². The minimum Gasteiger partial charge on any atom is -0.456 e. The van der Waals surface area contributed by atoms with Crippen LogP contribution in [0.25, 0.3) is 66.3 Å². The van der Waals surface area contributed by atoms with Gasteiger partial charge in [-0.25, -0.2) is 9.97 Å². The van der Waals surface area contributed by atoms with Crippen molar-refractivity contribution in [3.05, 3.63) is 90.3 Å². The van der Waals surface area contributed by atoms with E-state index in [2.05, 4.69) is 92.2 Å². The number of benzene rings is 4. The zero-order valence-corrected chi connectivity index (χ0v) is 23.2. The fourth-order valence-electron chi connectivity index (χ4n) is 5.43. The van der Waals surface area contributed by atoms with Gasteiger partial charge in [-0.2, -0.15) is 0 Å². The number of hydrogen-bond donors (Lipinski definition) is 0. The fourth-order valence-corrected chi connectivity index (χ4v) is 6.60. The lowest BCUT2D eigenvalue weighted by Gasteiger charge is -2.19. The van der Waals surface area contributed by atoms with E-state index in [1.807, 2.05) is 25.1 Å². The molecule has 0 aliphatic heterocycles.